The van der Waals surface area contributed by atoms with Crippen molar-refractivity contribution in [2.24, 2.45) is 5.92 Å². The number of rotatable bonds is 7. The van der Waals surface area contributed by atoms with Gasteiger partial charge in [-0.1, -0.05) is 26.0 Å². The fourth-order valence-electron chi connectivity index (χ4n) is 1.60. The van der Waals surface area contributed by atoms with Crippen LogP contribution in [0.3, 0.4) is 0 Å². The standard InChI is InChI=1S/C14H20F3NO/c1-11(2)10-19-9-5-8-18-13-7-4-3-6-12(13)14(15,16)17/h3-4,6-7,11,18H,5,8-10H2,1-2H3. The molecule has 1 aromatic carbocycles. The normalized spacial score (nSPS) is 11.9. The second-order valence-electron chi connectivity index (χ2n) is 4.79. The van der Waals surface area contributed by atoms with E-state index in [0.29, 0.717) is 32.1 Å². The summed E-state index contributed by atoms with van der Waals surface area (Å²) in [5.74, 6) is 0.471. The van der Waals surface area contributed by atoms with Gasteiger partial charge in [-0.05, 0) is 24.5 Å². The lowest BCUT2D eigenvalue weighted by molar-refractivity contribution is -0.136. The van der Waals surface area contributed by atoms with Crippen molar-refractivity contribution < 1.29 is 17.9 Å². The average molecular weight is 275 g/mol. The highest BCUT2D eigenvalue weighted by Crippen LogP contribution is 2.34. The van der Waals surface area contributed by atoms with E-state index in [1.54, 1.807) is 6.07 Å². The molecule has 0 aliphatic carbocycles. The summed E-state index contributed by atoms with van der Waals surface area (Å²) in [4.78, 5) is 0. The summed E-state index contributed by atoms with van der Waals surface area (Å²) in [6.07, 6.45) is -3.64. The molecule has 0 bridgehead atoms. The maximum atomic E-state index is 12.7. The van der Waals surface area contributed by atoms with Gasteiger partial charge in [-0.15, -0.1) is 0 Å². The first-order valence-electron chi connectivity index (χ1n) is 6.39. The van der Waals surface area contributed by atoms with Crippen molar-refractivity contribution in [3.8, 4) is 0 Å². The summed E-state index contributed by atoms with van der Waals surface area (Å²) in [6.45, 7) is 5.80. The monoisotopic (exact) mass is 275 g/mol. The molecule has 0 aromatic heterocycles. The summed E-state index contributed by atoms with van der Waals surface area (Å²) in [5.41, 5.74) is -0.503. The number of halogens is 3. The molecule has 108 valence electrons. The summed E-state index contributed by atoms with van der Waals surface area (Å²) >= 11 is 0. The van der Waals surface area contributed by atoms with Crippen LogP contribution in [0, 0.1) is 5.92 Å². The smallest absolute Gasteiger partial charge is 0.384 e. The highest BCUT2D eigenvalue weighted by molar-refractivity contribution is 5.52. The van der Waals surface area contributed by atoms with Crippen molar-refractivity contribution in [1.82, 2.24) is 0 Å². The molecule has 0 aliphatic rings. The van der Waals surface area contributed by atoms with Crippen LogP contribution in [0.4, 0.5) is 18.9 Å². The van der Waals surface area contributed by atoms with Gasteiger partial charge in [0, 0.05) is 25.4 Å². The number of para-hydroxylation sites is 1. The van der Waals surface area contributed by atoms with Crippen LogP contribution in [0.1, 0.15) is 25.8 Å². The molecule has 0 heterocycles. The van der Waals surface area contributed by atoms with Crippen LogP contribution in [-0.2, 0) is 10.9 Å². The van der Waals surface area contributed by atoms with Crippen LogP contribution >= 0.6 is 0 Å². The van der Waals surface area contributed by atoms with E-state index in [9.17, 15) is 13.2 Å². The first-order chi connectivity index (χ1) is 8.91. The Morgan fingerprint density at radius 2 is 1.89 bits per heavy atom. The molecule has 1 aromatic rings. The lowest BCUT2D eigenvalue weighted by Crippen LogP contribution is -2.13. The fourth-order valence-corrected chi connectivity index (χ4v) is 1.60. The molecule has 0 unspecified atom stereocenters. The van der Waals surface area contributed by atoms with Crippen molar-refractivity contribution in [2.45, 2.75) is 26.4 Å². The van der Waals surface area contributed by atoms with Gasteiger partial charge in [0.1, 0.15) is 0 Å². The summed E-state index contributed by atoms with van der Waals surface area (Å²) in [6, 6.07) is 5.50. The third-order valence-corrected chi connectivity index (χ3v) is 2.46. The van der Waals surface area contributed by atoms with Crippen LogP contribution in [0.5, 0.6) is 0 Å². The van der Waals surface area contributed by atoms with Crippen molar-refractivity contribution in [2.75, 3.05) is 25.1 Å². The average Bonchev–Trinajstić information content (AvgIpc) is 2.32. The highest BCUT2D eigenvalue weighted by atomic mass is 19.4. The van der Waals surface area contributed by atoms with E-state index < -0.39 is 11.7 Å². The van der Waals surface area contributed by atoms with Crippen LogP contribution < -0.4 is 5.32 Å². The Kier molecular flexibility index (Phi) is 6.15. The van der Waals surface area contributed by atoms with E-state index in [0.717, 1.165) is 6.07 Å². The number of benzene rings is 1. The van der Waals surface area contributed by atoms with E-state index in [1.165, 1.54) is 12.1 Å². The van der Waals surface area contributed by atoms with Crippen LogP contribution in [0.25, 0.3) is 0 Å². The minimum atomic E-state index is -4.32. The molecular weight excluding hydrogens is 255 g/mol. The quantitative estimate of drug-likeness (QED) is 0.754. The van der Waals surface area contributed by atoms with Crippen LogP contribution in [-0.4, -0.2) is 19.8 Å². The summed E-state index contributed by atoms with van der Waals surface area (Å²) < 4.78 is 43.5. The van der Waals surface area contributed by atoms with Gasteiger partial charge < -0.3 is 10.1 Å². The van der Waals surface area contributed by atoms with Crippen molar-refractivity contribution >= 4 is 5.69 Å². The van der Waals surface area contributed by atoms with Gasteiger partial charge in [0.05, 0.1) is 5.56 Å². The predicted molar refractivity (Wildman–Crippen MR) is 70.2 cm³/mol. The number of alkyl halides is 3. The second kappa shape index (κ2) is 7.38. The van der Waals surface area contributed by atoms with E-state index in [2.05, 4.69) is 19.2 Å². The Bertz CT molecular complexity index is 377. The number of nitrogens with one attached hydrogen (secondary N) is 1. The third-order valence-electron chi connectivity index (χ3n) is 2.46. The number of ether oxygens (including phenoxy) is 1. The minimum absolute atomic E-state index is 0.124. The molecule has 0 amide bonds. The molecule has 5 heteroatoms. The number of hydrogen-bond acceptors (Lipinski definition) is 2. The zero-order valence-corrected chi connectivity index (χ0v) is 11.3. The Hall–Kier alpha value is -1.23. The second-order valence-corrected chi connectivity index (χ2v) is 4.79. The van der Waals surface area contributed by atoms with Crippen molar-refractivity contribution in [3.05, 3.63) is 29.8 Å². The minimum Gasteiger partial charge on any atom is -0.384 e. The van der Waals surface area contributed by atoms with E-state index >= 15 is 0 Å². The Morgan fingerprint density at radius 3 is 2.53 bits per heavy atom. The molecule has 0 spiro atoms. The first-order valence-corrected chi connectivity index (χ1v) is 6.39. The molecule has 1 N–H and O–H groups in total. The van der Waals surface area contributed by atoms with Crippen LogP contribution in [0.2, 0.25) is 0 Å². The van der Waals surface area contributed by atoms with Crippen molar-refractivity contribution in [1.29, 1.82) is 0 Å². The number of hydrogen-bond donors (Lipinski definition) is 1. The van der Waals surface area contributed by atoms with E-state index in [4.69, 9.17) is 4.74 Å². The molecule has 0 atom stereocenters. The molecule has 0 fully saturated rings. The Labute approximate surface area is 112 Å². The van der Waals surface area contributed by atoms with Gasteiger partial charge in [-0.25, -0.2) is 0 Å². The first kappa shape index (κ1) is 15.8. The van der Waals surface area contributed by atoms with Gasteiger partial charge >= 0.3 is 6.18 Å². The lowest BCUT2D eigenvalue weighted by atomic mass is 10.1. The summed E-state index contributed by atoms with van der Waals surface area (Å²) in [5, 5.41) is 2.81. The van der Waals surface area contributed by atoms with Gasteiger partial charge in [0.2, 0.25) is 0 Å². The molecule has 1 rings (SSSR count). The van der Waals surface area contributed by atoms with Crippen molar-refractivity contribution in [3.63, 3.8) is 0 Å². The van der Waals surface area contributed by atoms with Gasteiger partial charge in [0.15, 0.2) is 0 Å². The van der Waals surface area contributed by atoms with Gasteiger partial charge in [-0.2, -0.15) is 13.2 Å². The third kappa shape index (κ3) is 5.96. The summed E-state index contributed by atoms with van der Waals surface area (Å²) in [7, 11) is 0. The Morgan fingerprint density at radius 1 is 1.21 bits per heavy atom. The molecule has 0 radical (unpaired) electrons. The van der Waals surface area contributed by atoms with Gasteiger partial charge in [-0.3, -0.25) is 0 Å². The maximum Gasteiger partial charge on any atom is 0.418 e. The molecular formula is C14H20F3NO. The largest absolute Gasteiger partial charge is 0.418 e. The molecule has 0 saturated heterocycles. The SMILES string of the molecule is CC(C)COCCCNc1ccccc1C(F)(F)F. The molecule has 0 aliphatic heterocycles. The zero-order chi connectivity index (χ0) is 14.3. The zero-order valence-electron chi connectivity index (χ0n) is 11.3. The molecule has 0 saturated carbocycles. The van der Waals surface area contributed by atoms with E-state index in [1.807, 2.05) is 0 Å². The fraction of sp³-hybridized carbons (Fsp3) is 0.571. The highest BCUT2D eigenvalue weighted by Gasteiger charge is 2.32. The lowest BCUT2D eigenvalue weighted by Gasteiger charge is -2.14. The van der Waals surface area contributed by atoms with Crippen LogP contribution in [0.15, 0.2) is 24.3 Å². The molecule has 2 nitrogen and oxygen atoms in total. The topological polar surface area (TPSA) is 21.3 Å². The van der Waals surface area contributed by atoms with E-state index in [-0.39, 0.29) is 5.69 Å². The Balaban J connectivity index is 2.37. The van der Waals surface area contributed by atoms with Gasteiger partial charge in [0.25, 0.3) is 0 Å². The number of anilines is 1. The maximum absolute atomic E-state index is 12.7. The molecule has 19 heavy (non-hydrogen) atoms. The predicted octanol–water partition coefficient (Wildman–Crippen LogP) is 4.18.